The van der Waals surface area contributed by atoms with Crippen LogP contribution in [0, 0.1) is 5.82 Å². The van der Waals surface area contributed by atoms with Gasteiger partial charge in [-0.25, -0.2) is 14.0 Å². The van der Waals surface area contributed by atoms with E-state index in [1.807, 2.05) is 30.3 Å². The second-order valence-corrected chi connectivity index (χ2v) is 11.4. The van der Waals surface area contributed by atoms with E-state index in [9.17, 15) is 19.2 Å². The number of carbonyl (C=O) groups excluding carboxylic acids is 4. The number of carbonyl (C=O) groups is 4. The van der Waals surface area contributed by atoms with Gasteiger partial charge in [-0.15, -0.1) is 0 Å². The summed E-state index contributed by atoms with van der Waals surface area (Å²) in [4.78, 5) is 53.3. The Bertz CT molecular complexity index is 1570. The zero-order chi connectivity index (χ0) is 31.4. The van der Waals surface area contributed by atoms with Crippen molar-refractivity contribution >= 4 is 47.0 Å². The maximum absolute atomic E-state index is 15.4. The number of fused-ring (bicyclic) bond motifs is 2. The molecule has 3 aromatic carbocycles. The molecule has 12 heteroatoms. The van der Waals surface area contributed by atoms with Crippen molar-refractivity contribution in [3.8, 4) is 0 Å². The van der Waals surface area contributed by atoms with Gasteiger partial charge in [0.1, 0.15) is 6.04 Å². The zero-order valence-corrected chi connectivity index (χ0v) is 24.9. The Labute approximate surface area is 258 Å². The van der Waals surface area contributed by atoms with Crippen LogP contribution in [0.5, 0.6) is 0 Å². The molecule has 0 radical (unpaired) electrons. The fourth-order valence-electron chi connectivity index (χ4n) is 5.54. The van der Waals surface area contributed by atoms with E-state index in [4.69, 9.17) is 21.1 Å². The molecule has 10 nitrogen and oxygen atoms in total. The van der Waals surface area contributed by atoms with E-state index in [0.717, 1.165) is 5.56 Å². The lowest BCUT2D eigenvalue weighted by molar-refractivity contribution is -0.141. The molecule has 0 unspecified atom stereocenters. The molecular formula is C32H32ClFN4O6. The van der Waals surface area contributed by atoms with Crippen molar-refractivity contribution in [2.24, 2.45) is 0 Å². The summed E-state index contributed by atoms with van der Waals surface area (Å²) in [7, 11) is 0. The van der Waals surface area contributed by atoms with Crippen molar-refractivity contribution in [2.75, 3.05) is 23.7 Å². The molecule has 1 fully saturated rings. The van der Waals surface area contributed by atoms with Crippen molar-refractivity contribution in [3.63, 3.8) is 0 Å². The number of nitrogens with one attached hydrogen (secondary N) is 3. The molecule has 1 saturated heterocycles. The normalized spacial score (nSPS) is 18.1. The molecule has 1 spiro atoms. The number of ether oxygens (including phenoxy) is 2. The van der Waals surface area contributed by atoms with Crippen molar-refractivity contribution in [3.05, 3.63) is 94.3 Å². The lowest BCUT2D eigenvalue weighted by atomic mass is 9.82. The number of nitrogens with zero attached hydrogens (tertiary/aromatic N) is 1. The summed E-state index contributed by atoms with van der Waals surface area (Å²) in [6.07, 6.45) is -0.762. The number of benzene rings is 3. The molecular weight excluding hydrogens is 591 g/mol. The van der Waals surface area contributed by atoms with Gasteiger partial charge in [-0.05, 0) is 68.7 Å². The van der Waals surface area contributed by atoms with E-state index in [1.54, 1.807) is 26.0 Å². The molecule has 2 atom stereocenters. The minimum absolute atomic E-state index is 0.0942. The first kappa shape index (κ1) is 30.8. The Kier molecular flexibility index (Phi) is 9.05. The fraction of sp³-hybridized carbons (Fsp3) is 0.312. The van der Waals surface area contributed by atoms with Gasteiger partial charge >= 0.3 is 12.2 Å². The van der Waals surface area contributed by atoms with Crippen LogP contribution in [-0.4, -0.2) is 54.1 Å². The van der Waals surface area contributed by atoms with Crippen LogP contribution in [0.25, 0.3) is 0 Å². The highest BCUT2D eigenvalue weighted by atomic mass is 35.5. The number of rotatable bonds is 7. The molecule has 2 aliphatic heterocycles. The van der Waals surface area contributed by atoms with Crippen LogP contribution in [0.2, 0.25) is 5.02 Å². The standard InChI is InChI=1S/C32H32ClFN4O6/c1-19(2)43-30(41)35-22-11-9-21(10-12-22)28(39)36-25(17-20-7-4-3-5-8-20)29(40)38-16-6-15-32(18-38)26-24(37-31(42)44-32)14-13-23(33)27(26)34/h3-5,7-14,19,25H,6,15-18H2,1-2H3,(H,35,41)(H,36,39)(H,37,42)/t25-,32-/m0/s1. The maximum Gasteiger partial charge on any atom is 0.412 e. The smallest absolute Gasteiger partial charge is 0.412 e. The van der Waals surface area contributed by atoms with E-state index in [0.29, 0.717) is 18.7 Å². The molecule has 230 valence electrons. The van der Waals surface area contributed by atoms with Gasteiger partial charge in [0, 0.05) is 24.2 Å². The summed E-state index contributed by atoms with van der Waals surface area (Å²) in [5.74, 6) is -1.63. The fourth-order valence-corrected chi connectivity index (χ4v) is 5.70. The van der Waals surface area contributed by atoms with Gasteiger partial charge in [-0.3, -0.25) is 20.2 Å². The number of anilines is 2. The van der Waals surface area contributed by atoms with E-state index < -0.39 is 41.5 Å². The molecule has 44 heavy (non-hydrogen) atoms. The van der Waals surface area contributed by atoms with Gasteiger partial charge < -0.3 is 19.7 Å². The first-order valence-electron chi connectivity index (χ1n) is 14.2. The van der Waals surface area contributed by atoms with E-state index in [1.165, 1.54) is 29.2 Å². The average molecular weight is 623 g/mol. The molecule has 2 heterocycles. The number of hydrogen-bond acceptors (Lipinski definition) is 6. The van der Waals surface area contributed by atoms with Crippen LogP contribution in [0.3, 0.4) is 0 Å². The highest BCUT2D eigenvalue weighted by Crippen LogP contribution is 2.45. The largest absolute Gasteiger partial charge is 0.447 e. The Morgan fingerprint density at radius 2 is 1.82 bits per heavy atom. The van der Waals surface area contributed by atoms with Crippen LogP contribution in [0.1, 0.15) is 48.2 Å². The quantitative estimate of drug-likeness (QED) is 0.303. The molecule has 5 rings (SSSR count). The second-order valence-electron chi connectivity index (χ2n) is 11.0. The lowest BCUT2D eigenvalue weighted by Gasteiger charge is -2.45. The second kappa shape index (κ2) is 12.9. The third-order valence-electron chi connectivity index (χ3n) is 7.46. The number of halogens is 2. The van der Waals surface area contributed by atoms with E-state index >= 15 is 4.39 Å². The molecule has 3 aromatic rings. The minimum atomic E-state index is -1.44. The Morgan fingerprint density at radius 1 is 1.09 bits per heavy atom. The van der Waals surface area contributed by atoms with Gasteiger partial charge in [0.05, 0.1) is 28.9 Å². The highest BCUT2D eigenvalue weighted by Gasteiger charge is 2.49. The Morgan fingerprint density at radius 3 is 2.52 bits per heavy atom. The lowest BCUT2D eigenvalue weighted by Crippen LogP contribution is -2.57. The van der Waals surface area contributed by atoms with E-state index in [2.05, 4.69) is 16.0 Å². The summed E-state index contributed by atoms with van der Waals surface area (Å²) in [6, 6.07) is 17.3. The third kappa shape index (κ3) is 6.78. The molecule has 0 saturated carbocycles. The van der Waals surface area contributed by atoms with Gasteiger partial charge in [0.15, 0.2) is 11.4 Å². The molecule has 3 N–H and O–H groups in total. The van der Waals surface area contributed by atoms with Crippen molar-refractivity contribution in [2.45, 2.75) is 50.9 Å². The number of amides is 4. The highest BCUT2D eigenvalue weighted by molar-refractivity contribution is 6.31. The minimum Gasteiger partial charge on any atom is -0.447 e. The first-order chi connectivity index (χ1) is 21.0. The first-order valence-corrected chi connectivity index (χ1v) is 14.6. The third-order valence-corrected chi connectivity index (χ3v) is 7.76. The van der Waals surface area contributed by atoms with Crippen LogP contribution >= 0.6 is 11.6 Å². The number of piperidine rings is 1. The molecule has 4 amide bonds. The number of hydrogen-bond donors (Lipinski definition) is 3. The summed E-state index contributed by atoms with van der Waals surface area (Å²) in [5, 5.41) is 7.83. The summed E-state index contributed by atoms with van der Waals surface area (Å²) >= 11 is 6.10. The van der Waals surface area contributed by atoms with Crippen LogP contribution < -0.4 is 16.0 Å². The molecule has 0 aliphatic carbocycles. The van der Waals surface area contributed by atoms with E-state index in [-0.39, 0.29) is 47.3 Å². The van der Waals surface area contributed by atoms with Gasteiger partial charge in [0.2, 0.25) is 5.91 Å². The Balaban J connectivity index is 1.37. The van der Waals surface area contributed by atoms with Crippen LogP contribution in [0.15, 0.2) is 66.7 Å². The summed E-state index contributed by atoms with van der Waals surface area (Å²) in [5.41, 5.74) is 0.413. The molecule has 2 aliphatic rings. The predicted octanol–water partition coefficient (Wildman–Crippen LogP) is 5.86. The average Bonchev–Trinajstić information content (AvgIpc) is 2.98. The summed E-state index contributed by atoms with van der Waals surface area (Å²) in [6.45, 7) is 3.67. The van der Waals surface area contributed by atoms with Gasteiger partial charge in [-0.2, -0.15) is 0 Å². The van der Waals surface area contributed by atoms with Crippen molar-refractivity contribution in [1.29, 1.82) is 0 Å². The zero-order valence-electron chi connectivity index (χ0n) is 24.2. The molecule has 0 bridgehead atoms. The van der Waals surface area contributed by atoms with Crippen molar-refractivity contribution < 1.29 is 33.0 Å². The van der Waals surface area contributed by atoms with Gasteiger partial charge in [0.25, 0.3) is 5.91 Å². The van der Waals surface area contributed by atoms with Crippen LogP contribution in [-0.2, 0) is 26.3 Å². The monoisotopic (exact) mass is 622 g/mol. The predicted molar refractivity (Wildman–Crippen MR) is 162 cm³/mol. The van der Waals surface area contributed by atoms with Gasteiger partial charge in [-0.1, -0.05) is 41.9 Å². The van der Waals surface area contributed by atoms with Crippen molar-refractivity contribution in [1.82, 2.24) is 10.2 Å². The SMILES string of the molecule is CC(C)OC(=O)Nc1ccc(C(=O)N[C@@H](Cc2ccccc2)C(=O)N2CCC[C@@]3(C2)OC(=O)Nc2ccc(Cl)c(F)c23)cc1. The van der Waals surface area contributed by atoms with Crippen LogP contribution in [0.4, 0.5) is 25.4 Å². The number of likely N-dealkylation sites (tertiary alicyclic amines) is 1. The topological polar surface area (TPSA) is 126 Å². The maximum atomic E-state index is 15.4. The molecule has 0 aromatic heterocycles. The summed E-state index contributed by atoms with van der Waals surface area (Å²) < 4.78 is 26.1. The Hall–Kier alpha value is -4.64.